The molecular formula is C6H10N2O4. The van der Waals surface area contributed by atoms with Crippen molar-refractivity contribution in [1.29, 1.82) is 0 Å². The molecule has 0 bridgehead atoms. The fourth-order valence-electron chi connectivity index (χ4n) is 1.17. The van der Waals surface area contributed by atoms with E-state index in [4.69, 9.17) is 4.74 Å². The predicted molar refractivity (Wildman–Crippen MR) is 40.6 cm³/mol. The van der Waals surface area contributed by atoms with Gasteiger partial charge in [0.1, 0.15) is 18.7 Å². The Morgan fingerprint density at radius 1 is 1.50 bits per heavy atom. The first kappa shape index (κ1) is 9.21. The van der Waals surface area contributed by atoms with Crippen LogP contribution >= 0.6 is 0 Å². The summed E-state index contributed by atoms with van der Waals surface area (Å²) in [7, 11) is 0. The number of hydrogen-bond donors (Lipinski definition) is 1. The molecule has 0 aromatic carbocycles. The molecule has 68 valence electrons. The highest BCUT2D eigenvalue weighted by Gasteiger charge is 2.30. The Hall–Kier alpha value is -0.880. The Labute approximate surface area is 68.9 Å². The van der Waals surface area contributed by atoms with E-state index < -0.39 is 18.2 Å². The summed E-state index contributed by atoms with van der Waals surface area (Å²) in [5.41, 5.74) is 0. The van der Waals surface area contributed by atoms with Gasteiger partial charge in [-0.1, -0.05) is 10.4 Å². The van der Waals surface area contributed by atoms with E-state index in [1.165, 1.54) is 0 Å². The smallest absolute Gasteiger partial charge is 0.118 e. The van der Waals surface area contributed by atoms with Gasteiger partial charge in [-0.2, -0.15) is 9.81 Å². The second kappa shape index (κ2) is 4.22. The molecule has 6 heteroatoms. The van der Waals surface area contributed by atoms with Gasteiger partial charge in [0.05, 0.1) is 12.7 Å². The van der Waals surface area contributed by atoms with E-state index >= 15 is 0 Å². The third kappa shape index (κ3) is 2.05. The molecule has 0 aromatic rings. The summed E-state index contributed by atoms with van der Waals surface area (Å²) >= 11 is 0. The van der Waals surface area contributed by atoms with Crippen LogP contribution in [-0.4, -0.2) is 36.5 Å². The first-order valence-corrected chi connectivity index (χ1v) is 3.69. The van der Waals surface area contributed by atoms with E-state index in [0.717, 1.165) is 0 Å². The Balaban J connectivity index is 2.41. The summed E-state index contributed by atoms with van der Waals surface area (Å²) in [6, 6.07) is -0.497. The molecule has 3 atom stereocenters. The van der Waals surface area contributed by atoms with E-state index in [2.05, 4.69) is 10.4 Å². The fourth-order valence-corrected chi connectivity index (χ4v) is 1.17. The topological polar surface area (TPSA) is 88.3 Å². The molecule has 0 radical (unpaired) electrons. The molecule has 1 aliphatic rings. The van der Waals surface area contributed by atoms with Crippen molar-refractivity contribution in [2.24, 2.45) is 10.4 Å². The zero-order chi connectivity index (χ0) is 8.97. The van der Waals surface area contributed by atoms with Gasteiger partial charge >= 0.3 is 0 Å². The molecule has 1 heterocycles. The Morgan fingerprint density at radius 3 is 2.75 bits per heavy atom. The van der Waals surface area contributed by atoms with Crippen molar-refractivity contribution in [3.63, 3.8) is 0 Å². The number of hydrogen-bond acceptors (Lipinski definition) is 6. The molecule has 0 aromatic heterocycles. The number of nitroso groups, excluding NO2 is 2. The van der Waals surface area contributed by atoms with Gasteiger partial charge in [-0.15, -0.1) is 0 Å². The zero-order valence-electron chi connectivity index (χ0n) is 6.42. The van der Waals surface area contributed by atoms with E-state index in [9.17, 15) is 14.9 Å². The summed E-state index contributed by atoms with van der Waals surface area (Å²) < 4.78 is 5.00. The van der Waals surface area contributed by atoms with Crippen LogP contribution in [0.1, 0.15) is 6.42 Å². The summed E-state index contributed by atoms with van der Waals surface area (Å²) in [4.78, 5) is 19.9. The number of rotatable bonds is 3. The monoisotopic (exact) mass is 174 g/mol. The van der Waals surface area contributed by atoms with Gasteiger partial charge < -0.3 is 9.84 Å². The van der Waals surface area contributed by atoms with Gasteiger partial charge in [0.15, 0.2) is 0 Å². The molecule has 1 rings (SSSR count). The Bertz CT molecular complexity index is 175. The lowest BCUT2D eigenvalue weighted by molar-refractivity contribution is -0.0758. The van der Waals surface area contributed by atoms with Gasteiger partial charge in [0.2, 0.25) is 0 Å². The van der Waals surface area contributed by atoms with Gasteiger partial charge in [0.25, 0.3) is 0 Å². The molecule has 6 nitrogen and oxygen atoms in total. The normalized spacial score (nSPS) is 35.9. The van der Waals surface area contributed by atoms with Crippen molar-refractivity contribution in [1.82, 2.24) is 0 Å². The van der Waals surface area contributed by atoms with E-state index in [-0.39, 0.29) is 19.6 Å². The van der Waals surface area contributed by atoms with E-state index in [0.29, 0.717) is 0 Å². The first-order chi connectivity index (χ1) is 5.77. The van der Waals surface area contributed by atoms with E-state index in [1.54, 1.807) is 0 Å². The standard InChI is InChI=1S/C6H10N2O4/c9-5-1-4(8-11)3-12-6(5)2-7-10/h4-6,9H,1-3H2/t4-,5+,6-/m1/s1. The Kier molecular flexibility index (Phi) is 3.24. The van der Waals surface area contributed by atoms with Crippen molar-refractivity contribution >= 4 is 0 Å². The largest absolute Gasteiger partial charge is 0.390 e. The highest BCUT2D eigenvalue weighted by atomic mass is 16.5. The molecule has 1 aliphatic heterocycles. The second-order valence-corrected chi connectivity index (χ2v) is 2.75. The van der Waals surface area contributed by atoms with Gasteiger partial charge in [0, 0.05) is 6.42 Å². The quantitative estimate of drug-likeness (QED) is 0.611. The first-order valence-electron chi connectivity index (χ1n) is 3.69. The molecule has 1 saturated heterocycles. The van der Waals surface area contributed by atoms with Gasteiger partial charge in [-0.25, -0.2) is 0 Å². The molecule has 1 N–H and O–H groups in total. The van der Waals surface area contributed by atoms with Gasteiger partial charge in [-0.05, 0) is 0 Å². The zero-order valence-corrected chi connectivity index (χ0v) is 6.42. The van der Waals surface area contributed by atoms with Crippen molar-refractivity contribution < 1.29 is 9.84 Å². The van der Waals surface area contributed by atoms with Crippen molar-refractivity contribution in [2.75, 3.05) is 13.2 Å². The molecule has 0 aliphatic carbocycles. The average Bonchev–Trinajstić information content (AvgIpc) is 2.09. The fraction of sp³-hybridized carbons (Fsp3) is 1.00. The molecule has 0 saturated carbocycles. The van der Waals surface area contributed by atoms with Crippen LogP contribution in [0.3, 0.4) is 0 Å². The molecular weight excluding hydrogens is 164 g/mol. The third-order valence-corrected chi connectivity index (χ3v) is 1.85. The SMILES string of the molecule is O=NC[C@H]1OC[C@H](N=O)C[C@@H]1O. The van der Waals surface area contributed by atoms with E-state index in [1.807, 2.05) is 0 Å². The van der Waals surface area contributed by atoms with Crippen molar-refractivity contribution in [3.8, 4) is 0 Å². The highest BCUT2D eigenvalue weighted by molar-refractivity contribution is 4.83. The summed E-state index contributed by atoms with van der Waals surface area (Å²) in [5.74, 6) is 0. The molecule has 12 heavy (non-hydrogen) atoms. The summed E-state index contributed by atoms with van der Waals surface area (Å²) in [6.07, 6.45) is -1.12. The van der Waals surface area contributed by atoms with Crippen LogP contribution in [0.25, 0.3) is 0 Å². The van der Waals surface area contributed by atoms with Gasteiger partial charge in [-0.3, -0.25) is 0 Å². The van der Waals surface area contributed by atoms with Crippen LogP contribution in [0.4, 0.5) is 0 Å². The number of aliphatic hydroxyl groups excluding tert-OH is 1. The van der Waals surface area contributed by atoms with Crippen molar-refractivity contribution in [3.05, 3.63) is 9.81 Å². The third-order valence-electron chi connectivity index (χ3n) is 1.85. The average molecular weight is 174 g/mol. The van der Waals surface area contributed by atoms with Crippen LogP contribution in [-0.2, 0) is 4.74 Å². The highest BCUT2D eigenvalue weighted by Crippen LogP contribution is 2.16. The minimum atomic E-state index is -0.806. The molecule has 0 amide bonds. The number of aliphatic hydroxyl groups is 1. The maximum absolute atomic E-state index is 10.0. The van der Waals surface area contributed by atoms with Crippen LogP contribution in [0, 0.1) is 9.81 Å². The van der Waals surface area contributed by atoms with Crippen molar-refractivity contribution in [2.45, 2.75) is 24.7 Å². The molecule has 0 spiro atoms. The number of ether oxygens (including phenoxy) is 1. The lowest BCUT2D eigenvalue weighted by atomic mass is 10.0. The van der Waals surface area contributed by atoms with Crippen LogP contribution in [0.5, 0.6) is 0 Å². The second-order valence-electron chi connectivity index (χ2n) is 2.75. The number of nitrogens with zero attached hydrogens (tertiary/aromatic N) is 2. The lowest BCUT2D eigenvalue weighted by Gasteiger charge is -2.28. The maximum Gasteiger partial charge on any atom is 0.118 e. The van der Waals surface area contributed by atoms with Crippen LogP contribution in [0.15, 0.2) is 10.4 Å². The summed E-state index contributed by atoms with van der Waals surface area (Å²) in [6.45, 7) is 0.0908. The lowest BCUT2D eigenvalue weighted by Crippen LogP contribution is -2.41. The predicted octanol–water partition coefficient (Wildman–Crippen LogP) is 0.0376. The minimum absolute atomic E-state index is 0.0766. The Morgan fingerprint density at radius 2 is 2.25 bits per heavy atom. The van der Waals surface area contributed by atoms with Crippen LogP contribution < -0.4 is 0 Å². The summed E-state index contributed by atoms with van der Waals surface area (Å²) in [5, 5.41) is 14.6. The van der Waals surface area contributed by atoms with Crippen LogP contribution in [0.2, 0.25) is 0 Å². The molecule has 1 fully saturated rings. The maximum atomic E-state index is 10.0. The minimum Gasteiger partial charge on any atom is -0.390 e. The molecule has 0 unspecified atom stereocenters.